The fourth-order valence-corrected chi connectivity index (χ4v) is 3.26. The van der Waals surface area contributed by atoms with Crippen molar-refractivity contribution in [3.63, 3.8) is 0 Å². The number of rotatable bonds is 11. The van der Waals surface area contributed by atoms with Crippen LogP contribution in [0.2, 0.25) is 0 Å². The first kappa shape index (κ1) is 26.0. The van der Waals surface area contributed by atoms with Gasteiger partial charge in [-0.2, -0.15) is 0 Å². The van der Waals surface area contributed by atoms with Crippen LogP contribution in [0.25, 0.3) is 0 Å². The van der Waals surface area contributed by atoms with Gasteiger partial charge >= 0.3 is 0 Å². The number of aliphatic hydroxyl groups is 1. The zero-order valence-electron chi connectivity index (χ0n) is 18.5. The second-order valence-electron chi connectivity index (χ2n) is 7.96. The molecule has 1 aliphatic carbocycles. The van der Waals surface area contributed by atoms with Gasteiger partial charge in [0.2, 0.25) is 0 Å². The smallest absolute Gasteiger partial charge is 0.191 e. The van der Waals surface area contributed by atoms with Crippen LogP contribution in [0.3, 0.4) is 0 Å². The van der Waals surface area contributed by atoms with Crippen LogP contribution in [-0.4, -0.2) is 60.3 Å². The number of halogens is 1. The van der Waals surface area contributed by atoms with Crippen molar-refractivity contribution in [3.05, 3.63) is 29.8 Å². The number of ether oxygens (including phenoxy) is 1. The lowest BCUT2D eigenvalue weighted by Crippen LogP contribution is -2.44. The van der Waals surface area contributed by atoms with E-state index in [0.29, 0.717) is 12.6 Å². The van der Waals surface area contributed by atoms with E-state index in [4.69, 9.17) is 4.74 Å². The topological polar surface area (TPSA) is 69.1 Å². The van der Waals surface area contributed by atoms with Gasteiger partial charge in [-0.3, -0.25) is 9.89 Å². The Kier molecular flexibility index (Phi) is 11.9. The molecule has 1 aromatic rings. The van der Waals surface area contributed by atoms with Crippen molar-refractivity contribution in [3.8, 4) is 5.75 Å². The summed E-state index contributed by atoms with van der Waals surface area (Å²) in [6, 6.07) is 8.92. The van der Waals surface area contributed by atoms with Crippen molar-refractivity contribution in [2.45, 2.75) is 71.8 Å². The first-order valence-corrected chi connectivity index (χ1v) is 10.6. The molecule has 0 amide bonds. The van der Waals surface area contributed by atoms with Gasteiger partial charge in [0, 0.05) is 31.7 Å². The highest BCUT2D eigenvalue weighted by Crippen LogP contribution is 2.28. The molecule has 0 saturated heterocycles. The Morgan fingerprint density at radius 2 is 1.97 bits per heavy atom. The maximum absolute atomic E-state index is 10.5. The molecule has 1 aromatic carbocycles. The minimum atomic E-state index is -0.662. The highest BCUT2D eigenvalue weighted by molar-refractivity contribution is 14.0. The van der Waals surface area contributed by atoms with Crippen LogP contribution >= 0.6 is 24.0 Å². The summed E-state index contributed by atoms with van der Waals surface area (Å²) in [4.78, 5) is 7.11. The summed E-state index contributed by atoms with van der Waals surface area (Å²) in [5.74, 6) is 1.52. The molecule has 0 aliphatic heterocycles. The van der Waals surface area contributed by atoms with Crippen molar-refractivity contribution in [2.75, 3.05) is 26.2 Å². The van der Waals surface area contributed by atoms with E-state index in [9.17, 15) is 5.11 Å². The van der Waals surface area contributed by atoms with E-state index in [1.807, 2.05) is 45.0 Å². The van der Waals surface area contributed by atoms with Crippen LogP contribution in [0, 0.1) is 0 Å². The molecular formula is C22H39IN4O2. The number of aliphatic imine (C=N–C) groups is 1. The molecule has 1 unspecified atom stereocenters. The van der Waals surface area contributed by atoms with E-state index in [2.05, 4.69) is 34.4 Å². The molecule has 0 bridgehead atoms. The molecular weight excluding hydrogens is 479 g/mol. The van der Waals surface area contributed by atoms with Crippen molar-refractivity contribution >= 4 is 29.9 Å². The SMILES string of the molecule is CCNC(=NCC(O)c1cccc(OC(C)C)c1)NCCN(C(C)C)C1CC1.I. The minimum absolute atomic E-state index is 0. The number of benzene rings is 1. The minimum Gasteiger partial charge on any atom is -0.491 e. The molecule has 1 aliphatic rings. The average Bonchev–Trinajstić information content (AvgIpc) is 3.47. The summed E-state index contributed by atoms with van der Waals surface area (Å²) in [7, 11) is 0. The second-order valence-corrected chi connectivity index (χ2v) is 7.96. The molecule has 1 saturated carbocycles. The molecule has 2 rings (SSSR count). The number of hydrogen-bond donors (Lipinski definition) is 3. The number of hydrogen-bond acceptors (Lipinski definition) is 4. The lowest BCUT2D eigenvalue weighted by molar-refractivity contribution is 0.185. The molecule has 3 N–H and O–H groups in total. The Morgan fingerprint density at radius 3 is 2.55 bits per heavy atom. The third-order valence-corrected chi connectivity index (χ3v) is 4.72. The summed E-state index contributed by atoms with van der Waals surface area (Å²) in [6.07, 6.45) is 2.08. The van der Waals surface area contributed by atoms with Crippen molar-refractivity contribution in [1.29, 1.82) is 0 Å². The van der Waals surface area contributed by atoms with Gasteiger partial charge < -0.3 is 20.5 Å². The van der Waals surface area contributed by atoms with Crippen LogP contribution in [0.15, 0.2) is 29.3 Å². The van der Waals surface area contributed by atoms with Gasteiger partial charge in [-0.15, -0.1) is 24.0 Å². The van der Waals surface area contributed by atoms with Gasteiger partial charge in [-0.05, 0) is 65.2 Å². The molecule has 166 valence electrons. The zero-order valence-corrected chi connectivity index (χ0v) is 20.8. The number of nitrogens with one attached hydrogen (secondary N) is 2. The van der Waals surface area contributed by atoms with E-state index in [0.717, 1.165) is 42.9 Å². The Balaban J connectivity index is 0.00000420. The van der Waals surface area contributed by atoms with Crippen LogP contribution < -0.4 is 15.4 Å². The van der Waals surface area contributed by atoms with Crippen LogP contribution in [0.5, 0.6) is 5.75 Å². The maximum atomic E-state index is 10.5. The van der Waals surface area contributed by atoms with Gasteiger partial charge in [0.25, 0.3) is 0 Å². The molecule has 1 atom stereocenters. The van der Waals surface area contributed by atoms with Crippen LogP contribution in [0.1, 0.15) is 59.1 Å². The van der Waals surface area contributed by atoms with E-state index in [1.54, 1.807) is 0 Å². The normalized spacial score (nSPS) is 15.4. The number of aliphatic hydroxyl groups excluding tert-OH is 1. The molecule has 29 heavy (non-hydrogen) atoms. The third kappa shape index (κ3) is 9.53. The predicted molar refractivity (Wildman–Crippen MR) is 131 cm³/mol. The molecule has 6 nitrogen and oxygen atoms in total. The number of nitrogens with zero attached hydrogens (tertiary/aromatic N) is 2. The maximum Gasteiger partial charge on any atom is 0.191 e. The Hall–Kier alpha value is -1.06. The summed E-state index contributed by atoms with van der Waals surface area (Å²) < 4.78 is 5.71. The van der Waals surface area contributed by atoms with Gasteiger partial charge in [0.1, 0.15) is 5.75 Å². The van der Waals surface area contributed by atoms with Crippen molar-refractivity contribution in [2.24, 2.45) is 4.99 Å². The fourth-order valence-electron chi connectivity index (χ4n) is 3.26. The quantitative estimate of drug-likeness (QED) is 0.238. The highest BCUT2D eigenvalue weighted by Gasteiger charge is 2.30. The summed E-state index contributed by atoms with van der Waals surface area (Å²) in [5, 5.41) is 17.2. The first-order chi connectivity index (χ1) is 13.4. The first-order valence-electron chi connectivity index (χ1n) is 10.6. The third-order valence-electron chi connectivity index (χ3n) is 4.72. The summed E-state index contributed by atoms with van der Waals surface area (Å²) in [6.45, 7) is 13.5. The fraction of sp³-hybridized carbons (Fsp3) is 0.682. The molecule has 0 radical (unpaired) electrons. The number of guanidine groups is 1. The average molecular weight is 518 g/mol. The standard InChI is InChI=1S/C22H38N4O2.HI/c1-6-23-22(24-12-13-26(16(2)3)19-10-11-19)25-15-21(27)18-8-7-9-20(14-18)28-17(4)5;/h7-9,14,16-17,19,21,27H,6,10-13,15H2,1-5H3,(H2,23,24,25);1H. The van der Waals surface area contributed by atoms with E-state index in [-0.39, 0.29) is 30.1 Å². The Bertz CT molecular complexity index is 619. The van der Waals surface area contributed by atoms with Gasteiger partial charge in [-0.25, -0.2) is 0 Å². The molecule has 7 heteroatoms. The summed E-state index contributed by atoms with van der Waals surface area (Å²) in [5.41, 5.74) is 0.817. The lowest BCUT2D eigenvalue weighted by atomic mass is 10.1. The van der Waals surface area contributed by atoms with Crippen molar-refractivity contribution < 1.29 is 9.84 Å². The van der Waals surface area contributed by atoms with Crippen LogP contribution in [0.4, 0.5) is 0 Å². The Labute approximate surface area is 193 Å². The molecule has 0 aromatic heterocycles. The lowest BCUT2D eigenvalue weighted by Gasteiger charge is -2.26. The van der Waals surface area contributed by atoms with Gasteiger partial charge in [-0.1, -0.05) is 12.1 Å². The highest BCUT2D eigenvalue weighted by atomic mass is 127. The largest absolute Gasteiger partial charge is 0.491 e. The predicted octanol–water partition coefficient (Wildman–Crippen LogP) is 3.55. The van der Waals surface area contributed by atoms with E-state index in [1.165, 1.54) is 12.8 Å². The molecule has 0 heterocycles. The van der Waals surface area contributed by atoms with Crippen LogP contribution in [-0.2, 0) is 0 Å². The second kappa shape index (κ2) is 13.3. The van der Waals surface area contributed by atoms with Gasteiger partial charge in [0.15, 0.2) is 5.96 Å². The van der Waals surface area contributed by atoms with E-state index >= 15 is 0 Å². The zero-order chi connectivity index (χ0) is 20.5. The Morgan fingerprint density at radius 1 is 1.24 bits per heavy atom. The van der Waals surface area contributed by atoms with Gasteiger partial charge in [0.05, 0.1) is 18.8 Å². The summed E-state index contributed by atoms with van der Waals surface area (Å²) >= 11 is 0. The van der Waals surface area contributed by atoms with E-state index < -0.39 is 6.10 Å². The molecule has 0 spiro atoms. The monoisotopic (exact) mass is 518 g/mol. The van der Waals surface area contributed by atoms with Crippen molar-refractivity contribution in [1.82, 2.24) is 15.5 Å². The molecule has 1 fully saturated rings.